The number of hydrogen-bond donors (Lipinski definition) is 0. The van der Waals surface area contributed by atoms with Crippen molar-refractivity contribution in [3.8, 4) is 0 Å². The summed E-state index contributed by atoms with van der Waals surface area (Å²) < 4.78 is 75.4. The van der Waals surface area contributed by atoms with Crippen LogP contribution in [0.1, 0.15) is 12.5 Å². The van der Waals surface area contributed by atoms with Gasteiger partial charge >= 0.3 is 12.4 Å². The molecule has 0 heterocycles. The molecule has 1 aromatic carbocycles. The summed E-state index contributed by atoms with van der Waals surface area (Å²) in [4.78, 5) is 0. The van der Waals surface area contributed by atoms with Gasteiger partial charge in [0.15, 0.2) is 5.41 Å². The Kier molecular flexibility index (Phi) is 3.45. The Labute approximate surface area is 94.2 Å². The molecule has 0 saturated heterocycles. The summed E-state index contributed by atoms with van der Waals surface area (Å²) in [7, 11) is 0. The van der Waals surface area contributed by atoms with Gasteiger partial charge in [-0.1, -0.05) is 30.3 Å². The maximum absolute atomic E-state index is 12.6. The van der Waals surface area contributed by atoms with E-state index >= 15 is 0 Å². The fourth-order valence-electron chi connectivity index (χ4n) is 1.37. The largest absolute Gasteiger partial charge is 0.403 e. The number of alkyl halides is 6. The third kappa shape index (κ3) is 2.73. The third-order valence-electron chi connectivity index (χ3n) is 2.65. The van der Waals surface area contributed by atoms with Gasteiger partial charge < -0.3 is 0 Å². The van der Waals surface area contributed by atoms with Gasteiger partial charge in [0.25, 0.3) is 0 Å². The van der Waals surface area contributed by atoms with Crippen LogP contribution in [0.4, 0.5) is 26.3 Å². The minimum atomic E-state index is -5.33. The lowest BCUT2D eigenvalue weighted by Crippen LogP contribution is -2.49. The molecule has 0 atom stereocenters. The van der Waals surface area contributed by atoms with E-state index in [1.807, 2.05) is 0 Å². The number of benzene rings is 1. The van der Waals surface area contributed by atoms with E-state index in [2.05, 4.69) is 0 Å². The van der Waals surface area contributed by atoms with Crippen LogP contribution in [0.5, 0.6) is 0 Å². The molecule has 0 aliphatic heterocycles. The Balaban J connectivity index is 3.11. The van der Waals surface area contributed by atoms with Crippen molar-refractivity contribution in [3.63, 3.8) is 0 Å². The summed E-state index contributed by atoms with van der Waals surface area (Å²) in [5.41, 5.74) is -3.72. The average molecular weight is 256 g/mol. The SMILES string of the molecule is CC(Cc1ccccc1)(C(F)(F)F)C(F)(F)F. The molecule has 0 nitrogen and oxygen atoms in total. The smallest absolute Gasteiger partial charge is 0.170 e. The molecule has 0 fully saturated rings. The highest BCUT2D eigenvalue weighted by Gasteiger charge is 2.67. The van der Waals surface area contributed by atoms with Crippen LogP contribution in [0.2, 0.25) is 0 Å². The minimum absolute atomic E-state index is 0.00431. The lowest BCUT2D eigenvalue weighted by molar-refractivity contribution is -0.334. The average Bonchev–Trinajstić information content (AvgIpc) is 2.15. The molecule has 0 aliphatic rings. The summed E-state index contributed by atoms with van der Waals surface area (Å²) in [6.45, 7) is 0.181. The Morgan fingerprint density at radius 3 is 1.59 bits per heavy atom. The molecule has 0 bridgehead atoms. The number of halogens is 6. The lowest BCUT2D eigenvalue weighted by Gasteiger charge is -2.34. The zero-order chi connectivity index (χ0) is 13.3. The van der Waals surface area contributed by atoms with Crippen LogP contribution in [0.25, 0.3) is 0 Å². The Hall–Kier alpha value is -1.20. The zero-order valence-electron chi connectivity index (χ0n) is 8.86. The fourth-order valence-corrected chi connectivity index (χ4v) is 1.37. The van der Waals surface area contributed by atoms with E-state index in [1.165, 1.54) is 30.3 Å². The predicted octanol–water partition coefficient (Wildman–Crippen LogP) is 4.36. The van der Waals surface area contributed by atoms with Gasteiger partial charge in [-0.25, -0.2) is 0 Å². The maximum atomic E-state index is 12.6. The van der Waals surface area contributed by atoms with Crippen LogP contribution in [-0.4, -0.2) is 12.4 Å². The van der Waals surface area contributed by atoms with Crippen molar-refractivity contribution in [1.82, 2.24) is 0 Å². The summed E-state index contributed by atoms with van der Waals surface area (Å²) in [6.07, 6.45) is -11.8. The maximum Gasteiger partial charge on any atom is 0.403 e. The van der Waals surface area contributed by atoms with Crippen LogP contribution in [0.3, 0.4) is 0 Å². The lowest BCUT2D eigenvalue weighted by atomic mass is 9.82. The first-order valence-electron chi connectivity index (χ1n) is 4.75. The molecule has 96 valence electrons. The highest BCUT2D eigenvalue weighted by atomic mass is 19.4. The Morgan fingerprint density at radius 1 is 0.824 bits per heavy atom. The van der Waals surface area contributed by atoms with Gasteiger partial charge in [0.05, 0.1) is 0 Å². The van der Waals surface area contributed by atoms with Crippen LogP contribution < -0.4 is 0 Å². The van der Waals surface area contributed by atoms with Crippen LogP contribution in [-0.2, 0) is 6.42 Å². The van der Waals surface area contributed by atoms with Crippen molar-refractivity contribution < 1.29 is 26.3 Å². The summed E-state index contributed by atoms with van der Waals surface area (Å²) in [5, 5.41) is 0. The van der Waals surface area contributed by atoms with E-state index in [-0.39, 0.29) is 12.5 Å². The molecule has 0 unspecified atom stereocenters. The Morgan fingerprint density at radius 2 is 1.24 bits per heavy atom. The second kappa shape index (κ2) is 4.23. The van der Waals surface area contributed by atoms with Gasteiger partial charge in [0, 0.05) is 0 Å². The molecule has 6 heteroatoms. The van der Waals surface area contributed by atoms with Gasteiger partial charge in [-0.05, 0) is 18.9 Å². The van der Waals surface area contributed by atoms with Crippen molar-refractivity contribution in [3.05, 3.63) is 35.9 Å². The highest BCUT2D eigenvalue weighted by Crippen LogP contribution is 2.51. The van der Waals surface area contributed by atoms with E-state index in [0.717, 1.165) is 0 Å². The quantitative estimate of drug-likeness (QED) is 0.689. The van der Waals surface area contributed by atoms with E-state index in [0.29, 0.717) is 0 Å². The molecule has 0 aliphatic carbocycles. The van der Waals surface area contributed by atoms with E-state index in [9.17, 15) is 26.3 Å². The van der Waals surface area contributed by atoms with Crippen LogP contribution >= 0.6 is 0 Å². The summed E-state index contributed by atoms with van der Waals surface area (Å²) in [6, 6.07) is 6.83. The molecule has 1 rings (SSSR count). The van der Waals surface area contributed by atoms with Crippen molar-refractivity contribution in [2.24, 2.45) is 5.41 Å². The molecule has 1 aromatic rings. The van der Waals surface area contributed by atoms with Gasteiger partial charge in [-0.15, -0.1) is 0 Å². The topological polar surface area (TPSA) is 0 Å². The normalized spacial score (nSPS) is 13.8. The molecule has 0 aromatic heterocycles. The molecule has 17 heavy (non-hydrogen) atoms. The molecule has 0 amide bonds. The number of hydrogen-bond acceptors (Lipinski definition) is 0. The second-order valence-corrected chi connectivity index (χ2v) is 3.99. The van der Waals surface area contributed by atoms with Gasteiger partial charge in [-0.3, -0.25) is 0 Å². The Bertz CT molecular complexity index is 348. The van der Waals surface area contributed by atoms with Crippen molar-refractivity contribution in [2.75, 3.05) is 0 Å². The molecule has 0 N–H and O–H groups in total. The van der Waals surface area contributed by atoms with E-state index in [4.69, 9.17) is 0 Å². The molecular formula is C11H10F6. The standard InChI is InChI=1S/C11H10F6/c1-9(10(12,13)14,11(15,16)17)7-8-5-3-2-4-6-8/h2-6H,7H2,1H3. The van der Waals surface area contributed by atoms with Gasteiger partial charge in [-0.2, -0.15) is 26.3 Å². The first-order valence-corrected chi connectivity index (χ1v) is 4.75. The summed E-state index contributed by atoms with van der Waals surface area (Å²) in [5.74, 6) is 0. The molecule has 0 saturated carbocycles. The van der Waals surface area contributed by atoms with Crippen LogP contribution in [0, 0.1) is 5.41 Å². The first kappa shape index (κ1) is 13.9. The third-order valence-corrected chi connectivity index (χ3v) is 2.65. The van der Waals surface area contributed by atoms with E-state index in [1.54, 1.807) is 0 Å². The highest BCUT2D eigenvalue weighted by molar-refractivity contribution is 5.17. The van der Waals surface area contributed by atoms with Gasteiger partial charge in [0.1, 0.15) is 0 Å². The molecule has 0 radical (unpaired) electrons. The molecular weight excluding hydrogens is 246 g/mol. The van der Waals surface area contributed by atoms with Crippen molar-refractivity contribution >= 4 is 0 Å². The van der Waals surface area contributed by atoms with Crippen molar-refractivity contribution in [1.29, 1.82) is 0 Å². The van der Waals surface area contributed by atoms with Crippen molar-refractivity contribution in [2.45, 2.75) is 25.7 Å². The number of rotatable bonds is 2. The van der Waals surface area contributed by atoms with E-state index < -0.39 is 24.2 Å². The monoisotopic (exact) mass is 256 g/mol. The second-order valence-electron chi connectivity index (χ2n) is 3.99. The predicted molar refractivity (Wildman–Crippen MR) is 50.4 cm³/mol. The zero-order valence-corrected chi connectivity index (χ0v) is 8.86. The first-order chi connectivity index (χ1) is 7.58. The van der Waals surface area contributed by atoms with Gasteiger partial charge in [0.2, 0.25) is 0 Å². The minimum Gasteiger partial charge on any atom is -0.170 e. The molecule has 0 spiro atoms. The van der Waals surface area contributed by atoms with Crippen LogP contribution in [0.15, 0.2) is 30.3 Å². The fraction of sp³-hybridized carbons (Fsp3) is 0.455. The summed E-state index contributed by atoms with van der Waals surface area (Å²) >= 11 is 0.